The Morgan fingerprint density at radius 3 is 2.44 bits per heavy atom. The minimum atomic E-state index is -0.356. The van der Waals surface area contributed by atoms with E-state index in [1.54, 1.807) is 6.07 Å². The maximum absolute atomic E-state index is 12.7. The van der Waals surface area contributed by atoms with Crippen molar-refractivity contribution in [3.05, 3.63) is 35.1 Å². The number of benzene rings is 1. The Morgan fingerprint density at radius 2 is 1.81 bits per heavy atom. The summed E-state index contributed by atoms with van der Waals surface area (Å²) in [4.78, 5) is 11.2. The van der Waals surface area contributed by atoms with E-state index in [1.807, 2.05) is 27.7 Å². The molecular weight excluding hydrogens is 205 g/mol. The summed E-state index contributed by atoms with van der Waals surface area (Å²) >= 11 is 0. The van der Waals surface area contributed by atoms with Crippen molar-refractivity contribution in [2.75, 3.05) is 6.54 Å². The van der Waals surface area contributed by atoms with Crippen LogP contribution in [0, 0.1) is 5.82 Å². The largest absolute Gasteiger partial charge is 0.352 e. The molecule has 2 nitrogen and oxygen atoms in total. The highest BCUT2D eigenvalue weighted by Gasteiger charge is 2.16. The van der Waals surface area contributed by atoms with E-state index in [1.165, 1.54) is 12.1 Å². The van der Waals surface area contributed by atoms with Crippen molar-refractivity contribution >= 4 is 5.91 Å². The number of hydrogen-bond donors (Lipinski definition) is 1. The van der Waals surface area contributed by atoms with Crippen LogP contribution in [0.2, 0.25) is 0 Å². The third-order valence-corrected chi connectivity index (χ3v) is 2.00. The Labute approximate surface area is 96.9 Å². The lowest BCUT2D eigenvalue weighted by Gasteiger charge is -2.15. The van der Waals surface area contributed by atoms with Gasteiger partial charge in [0.05, 0.1) is 0 Å². The van der Waals surface area contributed by atoms with Crippen molar-refractivity contribution in [3.63, 3.8) is 0 Å². The molecule has 0 aliphatic carbocycles. The Balaban J connectivity index is 0.000000509. The normalized spacial score (nSPS) is 12.2. The van der Waals surface area contributed by atoms with Crippen LogP contribution in [0.5, 0.6) is 0 Å². The zero-order valence-electron chi connectivity index (χ0n) is 10.4. The number of carbonyl (C=O) groups is 1. The smallest absolute Gasteiger partial charge is 0.251 e. The molecule has 1 aliphatic rings. The summed E-state index contributed by atoms with van der Waals surface area (Å²) in [5.41, 5.74) is 1.40. The zero-order chi connectivity index (χ0) is 12.6. The summed E-state index contributed by atoms with van der Waals surface area (Å²) < 4.78 is 12.7. The second kappa shape index (κ2) is 7.85. The highest BCUT2D eigenvalue weighted by Crippen LogP contribution is 2.14. The van der Waals surface area contributed by atoms with Gasteiger partial charge in [-0.05, 0) is 24.1 Å². The van der Waals surface area contributed by atoms with E-state index in [0.29, 0.717) is 12.1 Å². The average Bonchev–Trinajstić information content (AvgIpc) is 2.35. The van der Waals surface area contributed by atoms with Crippen molar-refractivity contribution < 1.29 is 9.18 Å². The fourth-order valence-electron chi connectivity index (χ4n) is 1.38. The summed E-state index contributed by atoms with van der Waals surface area (Å²) in [6.07, 6.45) is 0.793. The minimum absolute atomic E-state index is 0.171. The van der Waals surface area contributed by atoms with Gasteiger partial charge in [-0.3, -0.25) is 4.79 Å². The number of halogens is 1. The topological polar surface area (TPSA) is 29.1 Å². The first-order chi connectivity index (χ1) is 7.77. The lowest BCUT2D eigenvalue weighted by molar-refractivity contribution is 0.0945. The molecule has 0 atom stereocenters. The highest BCUT2D eigenvalue weighted by atomic mass is 19.1. The number of amides is 1. The van der Waals surface area contributed by atoms with Gasteiger partial charge >= 0.3 is 0 Å². The van der Waals surface area contributed by atoms with E-state index in [-0.39, 0.29) is 11.7 Å². The van der Waals surface area contributed by atoms with Crippen molar-refractivity contribution in [1.82, 2.24) is 5.32 Å². The van der Waals surface area contributed by atoms with Gasteiger partial charge in [0, 0.05) is 12.1 Å². The molecular formula is C13H20FNO. The number of rotatable bonds is 0. The molecule has 0 radical (unpaired) electrons. The predicted octanol–water partition coefficient (Wildman–Crippen LogP) is 3.16. The molecule has 0 saturated heterocycles. The van der Waals surface area contributed by atoms with Crippen molar-refractivity contribution in [2.24, 2.45) is 0 Å². The van der Waals surface area contributed by atoms with Crippen LogP contribution in [0.1, 0.15) is 43.6 Å². The molecule has 1 amide bonds. The van der Waals surface area contributed by atoms with Gasteiger partial charge in [0.25, 0.3) is 5.91 Å². The lowest BCUT2D eigenvalue weighted by atomic mass is 10.0. The Morgan fingerprint density at radius 1 is 1.19 bits per heavy atom. The zero-order valence-corrected chi connectivity index (χ0v) is 10.4. The van der Waals surface area contributed by atoms with E-state index in [4.69, 9.17) is 0 Å². The standard InChI is InChI=1S/C9H8FNO.2C2H6/c10-7-2-1-6-3-4-11-9(12)8(6)5-7;2*1-2/h1-2,5H,3-4H2,(H,11,12);2*1-2H3. The van der Waals surface area contributed by atoms with Gasteiger partial charge in [-0.1, -0.05) is 33.8 Å². The van der Waals surface area contributed by atoms with Crippen molar-refractivity contribution in [3.8, 4) is 0 Å². The molecule has 90 valence electrons. The summed E-state index contributed by atoms with van der Waals surface area (Å²) in [5.74, 6) is -0.526. The summed E-state index contributed by atoms with van der Waals surface area (Å²) in [6.45, 7) is 8.65. The molecule has 0 fully saturated rings. The molecule has 2 rings (SSSR count). The van der Waals surface area contributed by atoms with Crippen LogP contribution in [0.4, 0.5) is 4.39 Å². The van der Waals surface area contributed by atoms with Gasteiger partial charge in [-0.2, -0.15) is 0 Å². The SMILES string of the molecule is CC.CC.O=C1NCCc2ccc(F)cc21. The molecule has 1 aliphatic heterocycles. The Bertz CT molecular complexity index is 337. The molecule has 3 heteroatoms. The quantitative estimate of drug-likeness (QED) is 0.722. The molecule has 1 N–H and O–H groups in total. The maximum Gasteiger partial charge on any atom is 0.251 e. The van der Waals surface area contributed by atoms with Crippen LogP contribution in [0.15, 0.2) is 18.2 Å². The van der Waals surface area contributed by atoms with Gasteiger partial charge in [0.2, 0.25) is 0 Å². The molecule has 1 aromatic rings. The molecule has 0 unspecified atom stereocenters. The average molecular weight is 225 g/mol. The second-order valence-electron chi connectivity index (χ2n) is 2.81. The summed E-state index contributed by atoms with van der Waals surface area (Å²) in [6, 6.07) is 4.34. The third kappa shape index (κ3) is 3.65. The summed E-state index contributed by atoms with van der Waals surface area (Å²) in [5, 5.41) is 2.66. The van der Waals surface area contributed by atoms with E-state index in [2.05, 4.69) is 5.32 Å². The molecule has 0 spiro atoms. The van der Waals surface area contributed by atoms with E-state index in [0.717, 1.165) is 12.0 Å². The van der Waals surface area contributed by atoms with E-state index >= 15 is 0 Å². The number of nitrogens with one attached hydrogen (secondary N) is 1. The van der Waals surface area contributed by atoms with Gasteiger partial charge in [0.15, 0.2) is 0 Å². The van der Waals surface area contributed by atoms with Crippen LogP contribution >= 0.6 is 0 Å². The minimum Gasteiger partial charge on any atom is -0.352 e. The summed E-state index contributed by atoms with van der Waals surface area (Å²) in [7, 11) is 0. The first-order valence-electron chi connectivity index (χ1n) is 5.84. The molecule has 1 heterocycles. The molecule has 0 saturated carbocycles. The van der Waals surface area contributed by atoms with Crippen LogP contribution in [-0.4, -0.2) is 12.5 Å². The fraction of sp³-hybridized carbons (Fsp3) is 0.462. The fourth-order valence-corrected chi connectivity index (χ4v) is 1.38. The van der Waals surface area contributed by atoms with Crippen LogP contribution in [0.3, 0.4) is 0 Å². The van der Waals surface area contributed by atoms with E-state index in [9.17, 15) is 9.18 Å². The van der Waals surface area contributed by atoms with Gasteiger partial charge in [-0.15, -0.1) is 0 Å². The van der Waals surface area contributed by atoms with Crippen molar-refractivity contribution in [1.29, 1.82) is 0 Å². The lowest BCUT2D eigenvalue weighted by Crippen LogP contribution is -2.31. The maximum atomic E-state index is 12.7. The Kier molecular flexibility index (Phi) is 7.18. The monoisotopic (exact) mass is 225 g/mol. The molecule has 0 bridgehead atoms. The predicted molar refractivity (Wildman–Crippen MR) is 65.1 cm³/mol. The first-order valence-corrected chi connectivity index (χ1v) is 5.84. The second-order valence-corrected chi connectivity index (χ2v) is 2.81. The van der Waals surface area contributed by atoms with Gasteiger partial charge in [0.1, 0.15) is 5.82 Å². The third-order valence-electron chi connectivity index (χ3n) is 2.00. The Hall–Kier alpha value is -1.38. The molecule has 16 heavy (non-hydrogen) atoms. The number of carbonyl (C=O) groups excluding carboxylic acids is 1. The van der Waals surface area contributed by atoms with E-state index < -0.39 is 0 Å². The van der Waals surface area contributed by atoms with Crippen LogP contribution < -0.4 is 5.32 Å². The molecule has 0 aromatic heterocycles. The van der Waals surface area contributed by atoms with Crippen LogP contribution in [0.25, 0.3) is 0 Å². The van der Waals surface area contributed by atoms with Gasteiger partial charge in [-0.25, -0.2) is 4.39 Å². The first kappa shape index (κ1) is 14.6. The highest BCUT2D eigenvalue weighted by molar-refractivity contribution is 5.96. The molecule has 1 aromatic carbocycles. The van der Waals surface area contributed by atoms with Crippen molar-refractivity contribution in [2.45, 2.75) is 34.1 Å². The number of hydrogen-bond acceptors (Lipinski definition) is 1. The van der Waals surface area contributed by atoms with Crippen LogP contribution in [-0.2, 0) is 6.42 Å². The number of fused-ring (bicyclic) bond motifs is 1. The van der Waals surface area contributed by atoms with Gasteiger partial charge < -0.3 is 5.32 Å².